The molecule has 0 saturated heterocycles. The number of ether oxygens (including phenoxy) is 1. The number of cyclic esters (lactones) is 1. The predicted molar refractivity (Wildman–Crippen MR) is 135 cm³/mol. The number of carbonyl (C=O) groups excluding carboxylic acids is 2. The Hall–Kier alpha value is -3.09. The van der Waals surface area contributed by atoms with E-state index < -0.39 is 0 Å². The van der Waals surface area contributed by atoms with Crippen LogP contribution in [0.15, 0.2) is 41.6 Å². The average molecular weight is 481 g/mol. The van der Waals surface area contributed by atoms with Gasteiger partial charge in [0.15, 0.2) is 6.61 Å². The number of nitrogens with zero attached hydrogens (tertiary/aromatic N) is 1. The molecule has 0 bridgehead atoms. The van der Waals surface area contributed by atoms with E-state index in [9.17, 15) is 14.7 Å². The lowest BCUT2D eigenvalue weighted by Crippen LogP contribution is -2.38. The molecule has 7 nitrogen and oxygen atoms in total. The molecule has 1 amide bonds. The Morgan fingerprint density at radius 3 is 2.63 bits per heavy atom. The Kier molecular flexibility index (Phi) is 8.98. The van der Waals surface area contributed by atoms with Gasteiger partial charge >= 0.3 is 5.97 Å². The molecule has 1 aromatic rings. The zero-order chi connectivity index (χ0) is 24.5. The molecule has 7 heteroatoms. The summed E-state index contributed by atoms with van der Waals surface area (Å²) in [5.74, 6) is -0.159. The number of phenols is 1. The number of esters is 1. The summed E-state index contributed by atoms with van der Waals surface area (Å²) in [6, 6.07) is 3.50. The van der Waals surface area contributed by atoms with Crippen LogP contribution in [0.1, 0.15) is 91.6 Å². The maximum Gasteiger partial charge on any atom is 0.338 e. The largest absolute Gasteiger partial charge is 0.508 e. The zero-order valence-corrected chi connectivity index (χ0v) is 20.3. The smallest absolute Gasteiger partial charge is 0.338 e. The van der Waals surface area contributed by atoms with Gasteiger partial charge in [0, 0.05) is 12.5 Å². The standard InChI is InChI=1S/C28H36N2O5/c31-24-17-21-16-23(30-35-19-26(32)29-22-10-7-5-8-11-22)12-6-3-1-2-4-9-15-34-28(33)27(21)25(18-24)20-13-14-20/h2,4,6,12,17-18,20,22,31H,1,3,5,7-11,13-16,19H2,(H,29,32)/b4-2+,12-6+,30-23-. The molecule has 0 radical (unpaired) electrons. The molecule has 188 valence electrons. The van der Waals surface area contributed by atoms with Crippen LogP contribution in [0.25, 0.3) is 0 Å². The lowest BCUT2D eigenvalue weighted by Gasteiger charge is -2.22. The summed E-state index contributed by atoms with van der Waals surface area (Å²) in [4.78, 5) is 30.8. The number of allylic oxidation sites excluding steroid dienone is 3. The fraction of sp³-hybridized carbons (Fsp3) is 0.536. The van der Waals surface area contributed by atoms with Gasteiger partial charge in [-0.1, -0.05) is 42.6 Å². The van der Waals surface area contributed by atoms with Crippen molar-refractivity contribution >= 4 is 17.6 Å². The molecule has 3 aliphatic rings. The summed E-state index contributed by atoms with van der Waals surface area (Å²) in [7, 11) is 0. The van der Waals surface area contributed by atoms with Crippen LogP contribution in [0.3, 0.4) is 0 Å². The molecule has 0 aromatic heterocycles. The highest BCUT2D eigenvalue weighted by atomic mass is 16.6. The van der Waals surface area contributed by atoms with Crippen molar-refractivity contribution in [3.63, 3.8) is 0 Å². The van der Waals surface area contributed by atoms with Gasteiger partial charge in [0.2, 0.25) is 0 Å². The second-order valence-corrected chi connectivity index (χ2v) is 9.65. The second kappa shape index (κ2) is 12.6. The van der Waals surface area contributed by atoms with Gasteiger partial charge in [0.05, 0.1) is 17.9 Å². The molecule has 2 aliphatic carbocycles. The third kappa shape index (κ3) is 7.70. The van der Waals surface area contributed by atoms with Crippen LogP contribution < -0.4 is 5.32 Å². The number of hydrogen-bond donors (Lipinski definition) is 2. The van der Waals surface area contributed by atoms with Gasteiger partial charge < -0.3 is 20.0 Å². The van der Waals surface area contributed by atoms with E-state index in [1.54, 1.807) is 12.1 Å². The number of fused-ring (bicyclic) bond motifs is 1. The number of phenolic OH excluding ortho intramolecular Hbond substituents is 1. The molecule has 1 heterocycles. The van der Waals surface area contributed by atoms with Crippen molar-refractivity contribution in [2.75, 3.05) is 13.2 Å². The highest BCUT2D eigenvalue weighted by molar-refractivity contribution is 6.00. The minimum absolute atomic E-state index is 0.124. The van der Waals surface area contributed by atoms with Crippen molar-refractivity contribution in [3.8, 4) is 5.75 Å². The molecule has 1 aromatic carbocycles. The summed E-state index contributed by atoms with van der Waals surface area (Å²) in [5, 5.41) is 17.7. The first-order valence-corrected chi connectivity index (χ1v) is 12.9. The number of aromatic hydroxyl groups is 1. The normalized spacial score (nSPS) is 23.0. The first-order valence-electron chi connectivity index (χ1n) is 12.9. The first kappa shape index (κ1) is 25.0. The van der Waals surface area contributed by atoms with Gasteiger partial charge in [-0.25, -0.2) is 4.79 Å². The summed E-state index contributed by atoms with van der Waals surface area (Å²) in [5.41, 5.74) is 2.59. The number of carbonyl (C=O) groups is 2. The summed E-state index contributed by atoms with van der Waals surface area (Å²) < 4.78 is 5.58. The Labute approximate surface area is 207 Å². The minimum Gasteiger partial charge on any atom is -0.508 e. The van der Waals surface area contributed by atoms with Crippen LogP contribution >= 0.6 is 0 Å². The fourth-order valence-electron chi connectivity index (χ4n) is 4.76. The van der Waals surface area contributed by atoms with Gasteiger partial charge in [-0.15, -0.1) is 0 Å². The number of amides is 1. The SMILES string of the molecule is O=C(CO/N=C1/C=C/CC/C=C/CCOC(=O)c2c(cc(O)cc2C2CC2)C1)NC1CCCCC1. The van der Waals surface area contributed by atoms with Gasteiger partial charge in [-0.05, 0) is 80.2 Å². The minimum atomic E-state index is -0.372. The highest BCUT2D eigenvalue weighted by Crippen LogP contribution is 2.44. The topological polar surface area (TPSA) is 97.2 Å². The van der Waals surface area contributed by atoms with Crippen molar-refractivity contribution < 1.29 is 24.3 Å². The molecule has 0 unspecified atom stereocenters. The number of hydrogen-bond acceptors (Lipinski definition) is 6. The molecule has 2 fully saturated rings. The van der Waals surface area contributed by atoms with Crippen LogP contribution in [0.2, 0.25) is 0 Å². The third-order valence-electron chi connectivity index (χ3n) is 6.67. The summed E-state index contributed by atoms with van der Waals surface area (Å²) >= 11 is 0. The molecule has 0 atom stereocenters. The first-order chi connectivity index (χ1) is 17.1. The predicted octanol–water partition coefficient (Wildman–Crippen LogP) is 5.09. The number of nitrogens with one attached hydrogen (secondary N) is 1. The summed E-state index contributed by atoms with van der Waals surface area (Å²) in [6.45, 7) is 0.161. The number of rotatable bonds is 5. The number of benzene rings is 1. The Morgan fingerprint density at radius 1 is 1.06 bits per heavy atom. The van der Waals surface area contributed by atoms with Crippen molar-refractivity contribution in [1.82, 2.24) is 5.32 Å². The number of oxime groups is 1. The van der Waals surface area contributed by atoms with E-state index in [-0.39, 0.29) is 42.6 Å². The van der Waals surface area contributed by atoms with Crippen LogP contribution in [0.4, 0.5) is 0 Å². The van der Waals surface area contributed by atoms with Crippen molar-refractivity contribution in [1.29, 1.82) is 0 Å². The van der Waals surface area contributed by atoms with Crippen LogP contribution in [0, 0.1) is 0 Å². The molecule has 2 saturated carbocycles. The Morgan fingerprint density at radius 2 is 1.83 bits per heavy atom. The second-order valence-electron chi connectivity index (χ2n) is 9.65. The van der Waals surface area contributed by atoms with Gasteiger partial charge in [0.25, 0.3) is 5.91 Å². The van der Waals surface area contributed by atoms with E-state index in [1.807, 2.05) is 18.2 Å². The maximum atomic E-state index is 13.1. The van der Waals surface area contributed by atoms with Gasteiger partial charge in [-0.3, -0.25) is 4.79 Å². The fourth-order valence-corrected chi connectivity index (χ4v) is 4.76. The van der Waals surface area contributed by atoms with E-state index in [4.69, 9.17) is 9.57 Å². The monoisotopic (exact) mass is 480 g/mol. The quantitative estimate of drug-likeness (QED) is 0.348. The third-order valence-corrected chi connectivity index (χ3v) is 6.67. The average Bonchev–Trinajstić information content (AvgIpc) is 3.68. The van der Waals surface area contributed by atoms with Crippen molar-refractivity contribution in [2.45, 2.75) is 82.6 Å². The van der Waals surface area contributed by atoms with E-state index in [0.29, 0.717) is 29.9 Å². The lowest BCUT2D eigenvalue weighted by atomic mass is 9.93. The van der Waals surface area contributed by atoms with Crippen molar-refractivity contribution in [3.05, 3.63) is 53.1 Å². The summed E-state index contributed by atoms with van der Waals surface area (Å²) in [6.07, 6.45) is 18.2. The van der Waals surface area contributed by atoms with Crippen molar-refractivity contribution in [2.24, 2.45) is 5.16 Å². The van der Waals surface area contributed by atoms with Gasteiger partial charge in [0.1, 0.15) is 5.75 Å². The van der Waals surface area contributed by atoms with Crippen LogP contribution in [-0.4, -0.2) is 42.0 Å². The molecule has 0 spiro atoms. The van der Waals surface area contributed by atoms with Crippen LogP contribution in [-0.2, 0) is 20.8 Å². The van der Waals surface area contributed by atoms with E-state index in [1.165, 1.54) is 6.42 Å². The molecular formula is C28H36N2O5. The van der Waals surface area contributed by atoms with E-state index in [0.717, 1.165) is 56.9 Å². The molecule has 4 rings (SSSR count). The molecule has 2 N–H and O–H groups in total. The Bertz CT molecular complexity index is 987. The maximum absolute atomic E-state index is 13.1. The molecular weight excluding hydrogens is 444 g/mol. The van der Waals surface area contributed by atoms with E-state index in [2.05, 4.69) is 16.5 Å². The molecule has 1 aliphatic heterocycles. The lowest BCUT2D eigenvalue weighted by molar-refractivity contribution is -0.126. The van der Waals surface area contributed by atoms with Crippen LogP contribution in [0.5, 0.6) is 5.75 Å². The van der Waals surface area contributed by atoms with E-state index >= 15 is 0 Å². The Balaban J connectivity index is 1.53. The molecule has 35 heavy (non-hydrogen) atoms. The van der Waals surface area contributed by atoms with Gasteiger partial charge in [-0.2, -0.15) is 0 Å². The highest BCUT2D eigenvalue weighted by Gasteiger charge is 2.31. The zero-order valence-electron chi connectivity index (χ0n) is 20.3.